The quantitative estimate of drug-likeness (QED) is 0.0580. The number of nitrogens with zero attached hydrogens (tertiary/aromatic N) is 14. The highest BCUT2D eigenvalue weighted by Crippen LogP contribution is 2.41. The Morgan fingerprint density at radius 3 is 1.28 bits per heavy atom. The van der Waals surface area contributed by atoms with Gasteiger partial charge >= 0.3 is 0 Å². The van der Waals surface area contributed by atoms with Crippen molar-refractivity contribution in [2.75, 3.05) is 87.7 Å². The lowest BCUT2D eigenvalue weighted by atomic mass is 10.1. The number of hydrogen-bond acceptors (Lipinski definition) is 21. The van der Waals surface area contributed by atoms with Gasteiger partial charge in [-0.2, -0.15) is 0 Å². The number of sulfonamides is 3. The van der Waals surface area contributed by atoms with Gasteiger partial charge < -0.3 is 31.2 Å². The van der Waals surface area contributed by atoms with Gasteiger partial charge in [0.15, 0.2) is 11.3 Å². The van der Waals surface area contributed by atoms with E-state index in [0.29, 0.717) is 99.9 Å². The highest BCUT2D eigenvalue weighted by molar-refractivity contribution is 7.92. The summed E-state index contributed by atoms with van der Waals surface area (Å²) in [5.74, 6) is 2.20. The zero-order valence-electron chi connectivity index (χ0n) is 61.5. The number of imidazole rings is 2. The zero-order chi connectivity index (χ0) is 75.8. The molecule has 3 aliphatic heterocycles. The van der Waals surface area contributed by atoms with Crippen LogP contribution in [0.3, 0.4) is 0 Å². The molecule has 556 valence electrons. The molecule has 2 fully saturated rings. The minimum Gasteiger partial charge on any atom is -0.384 e. The van der Waals surface area contributed by atoms with E-state index in [0.717, 1.165) is 124 Å². The normalized spacial score (nSPS) is 15.0. The molecule has 26 nitrogen and oxygen atoms in total. The lowest BCUT2D eigenvalue weighted by Crippen LogP contribution is -2.25. The van der Waals surface area contributed by atoms with Crippen molar-refractivity contribution in [3.63, 3.8) is 0 Å². The number of aliphatic imine (C=N–C) groups is 1. The fourth-order valence-corrected chi connectivity index (χ4v) is 14.3. The number of anilines is 10. The molecule has 3 aliphatic rings. The number of fused-ring (bicyclic) bond motifs is 3. The number of rotatable bonds is 18. The number of benzene rings is 3. The maximum Gasteiger partial charge on any atom is 0.232 e. The summed E-state index contributed by atoms with van der Waals surface area (Å²) in [5.41, 5.74) is 23.1. The van der Waals surface area contributed by atoms with Crippen LogP contribution >= 0.6 is 11.6 Å². The summed E-state index contributed by atoms with van der Waals surface area (Å²) >= 11 is 6.35. The van der Waals surface area contributed by atoms with E-state index in [1.807, 2.05) is 155 Å². The van der Waals surface area contributed by atoms with Crippen LogP contribution in [-0.2, 0) is 58.8 Å². The van der Waals surface area contributed by atoms with Crippen LogP contribution in [0.4, 0.5) is 62.7 Å². The van der Waals surface area contributed by atoms with Crippen molar-refractivity contribution in [3.05, 3.63) is 208 Å². The van der Waals surface area contributed by atoms with Gasteiger partial charge in [0.2, 0.25) is 30.1 Å². The Bertz CT molecular complexity index is 5400. The van der Waals surface area contributed by atoms with Crippen LogP contribution < -0.4 is 34.6 Å². The van der Waals surface area contributed by atoms with Gasteiger partial charge in [0.1, 0.15) is 51.8 Å². The first-order chi connectivity index (χ1) is 50.4. The molecule has 2 unspecified atom stereocenters. The number of nitrogens with one attached hydrogen (secondary N) is 3. The van der Waals surface area contributed by atoms with E-state index in [-0.39, 0.29) is 12.5 Å². The van der Waals surface area contributed by atoms with Gasteiger partial charge in [-0.05, 0) is 165 Å². The summed E-state index contributed by atoms with van der Waals surface area (Å²) in [7, 11) is -5.65. The average molecular weight is 1510 g/mol. The SMILES string of the molecule is CC1=Nc2c(Nc3ccccc3N(C)S(C)(=O)=O)cc(Cc3cccc(C)n3)nc2C1.Cc1cccc(Cc2cc(Nc3ccccc3N(C)S(C)(=O)=O)c3nc(C)n(C4CCCCO4)c3n2)n1.Cc1cccc(N)n1.Cc1nc2c(Nc3ccccc3N(C)S(C)(=O)=O)cc(Cl)nc2n1C1CCCCO1. The summed E-state index contributed by atoms with van der Waals surface area (Å²) < 4.78 is 92.9. The van der Waals surface area contributed by atoms with E-state index in [9.17, 15) is 25.3 Å². The zero-order valence-corrected chi connectivity index (χ0v) is 64.7. The molecule has 5 N–H and O–H groups in total. The van der Waals surface area contributed by atoms with Crippen molar-refractivity contribution in [2.45, 2.75) is 112 Å². The van der Waals surface area contributed by atoms with E-state index >= 15 is 0 Å². The third-order valence-corrected chi connectivity index (χ3v) is 21.7. The number of ether oxygens (including phenoxy) is 2. The predicted octanol–water partition coefficient (Wildman–Crippen LogP) is 14.2. The Kier molecular flexibility index (Phi) is 24.0. The molecule has 14 rings (SSSR count). The first-order valence-corrected chi connectivity index (χ1v) is 40.6. The minimum atomic E-state index is -3.45. The second-order valence-electron chi connectivity index (χ2n) is 26.4. The van der Waals surface area contributed by atoms with Crippen molar-refractivity contribution >= 4 is 132 Å². The molecule has 106 heavy (non-hydrogen) atoms. The van der Waals surface area contributed by atoms with Crippen LogP contribution in [0.1, 0.15) is 115 Å². The lowest BCUT2D eigenvalue weighted by Gasteiger charge is -2.25. The fourth-order valence-electron chi connectivity index (χ4n) is 12.6. The first kappa shape index (κ1) is 76.9. The van der Waals surface area contributed by atoms with Gasteiger partial charge in [-0.15, -0.1) is 0 Å². The van der Waals surface area contributed by atoms with Gasteiger partial charge in [-0.1, -0.05) is 66.2 Å². The van der Waals surface area contributed by atoms with E-state index < -0.39 is 30.1 Å². The van der Waals surface area contributed by atoms with Crippen molar-refractivity contribution in [1.29, 1.82) is 0 Å². The van der Waals surface area contributed by atoms with E-state index in [1.165, 1.54) is 38.7 Å². The van der Waals surface area contributed by atoms with Crippen LogP contribution in [0.5, 0.6) is 0 Å². The molecule has 3 aromatic carbocycles. The van der Waals surface area contributed by atoms with Gasteiger partial charge in [-0.3, -0.25) is 42.0 Å². The van der Waals surface area contributed by atoms with E-state index in [2.05, 4.69) is 45.4 Å². The Morgan fingerprint density at radius 1 is 0.462 bits per heavy atom. The number of nitrogens with two attached hydrogens (primary N) is 1. The van der Waals surface area contributed by atoms with Crippen LogP contribution in [0.25, 0.3) is 22.3 Å². The highest BCUT2D eigenvalue weighted by atomic mass is 35.5. The number of nitrogen functional groups attached to an aromatic ring is 1. The molecule has 8 aromatic heterocycles. The maximum absolute atomic E-state index is 12.3. The molecule has 0 aliphatic carbocycles. The van der Waals surface area contributed by atoms with Gasteiger partial charge in [0.25, 0.3) is 0 Å². The highest BCUT2D eigenvalue weighted by Gasteiger charge is 2.28. The molecule has 0 saturated carbocycles. The molecule has 30 heteroatoms. The summed E-state index contributed by atoms with van der Waals surface area (Å²) in [6.45, 7) is 13.2. The van der Waals surface area contributed by atoms with Gasteiger partial charge in [0.05, 0.1) is 81.3 Å². The predicted molar refractivity (Wildman–Crippen MR) is 424 cm³/mol. The molecule has 2 saturated heterocycles. The molecule has 0 amide bonds. The van der Waals surface area contributed by atoms with Gasteiger partial charge in [-0.25, -0.2) is 50.2 Å². The molecular weight excluding hydrogens is 1420 g/mol. The molecule has 0 radical (unpaired) electrons. The Hall–Kier alpha value is -10.2. The van der Waals surface area contributed by atoms with Crippen molar-refractivity contribution in [3.8, 4) is 0 Å². The van der Waals surface area contributed by atoms with Crippen molar-refractivity contribution in [1.82, 2.24) is 49.0 Å². The standard InChI is InChI=1S/C27H32N6O3S.C23H25N5O2S.C20H24ClN5O3S.C6H8N2/c1-18-10-9-11-20(28-18)16-21-17-23(31-22-12-5-6-13-24(22)32(3)37(4,34)35)26-27(30-21)33(19(2)29-26)25-14-7-8-15-36-25;1-15-8-7-9-17(24-15)13-18-14-21(23-20(26-18)12-16(2)25-23)27-19-10-5-6-11-22(19)28(3)31(4,29)30;1-13-22-19-15(23-14-8-4-5-9-16(14)25(2)30(3,27)28)12-17(21)24-20(19)26(13)18-10-6-7-11-29-18;1-5-3-2-4-6(7)8-5/h5-6,9-13,17,25H,7-8,14-16H2,1-4H3,(H,30,31);5-11,14H,12-13H2,1-4H3,(H,26,27);4-5,8-9,12,18H,6-7,10-11H2,1-3H3,(H,23,24);2-4H,1H3,(H2,7,8). The number of pyridine rings is 6. The number of aromatic nitrogens is 10. The number of halogens is 1. The van der Waals surface area contributed by atoms with Crippen LogP contribution in [0.15, 0.2) is 151 Å². The number of hydrogen-bond donors (Lipinski definition) is 4. The number of para-hydroxylation sites is 6. The maximum atomic E-state index is 12.3. The average Bonchev–Trinajstić information content (AvgIpc) is 1.61. The smallest absolute Gasteiger partial charge is 0.232 e. The Labute approximate surface area is 624 Å². The second-order valence-corrected chi connectivity index (χ2v) is 32.8. The van der Waals surface area contributed by atoms with E-state index in [4.69, 9.17) is 46.7 Å². The topological polar surface area (TPSA) is 318 Å². The lowest BCUT2D eigenvalue weighted by molar-refractivity contribution is -0.0310. The molecule has 0 spiro atoms. The summed E-state index contributed by atoms with van der Waals surface area (Å²) in [4.78, 5) is 41.8. The van der Waals surface area contributed by atoms with Crippen molar-refractivity contribution in [2.24, 2.45) is 4.99 Å². The fraction of sp³-hybridized carbons (Fsp3) is 0.329. The first-order valence-electron chi connectivity index (χ1n) is 34.6. The molecule has 2 atom stereocenters. The van der Waals surface area contributed by atoms with Crippen molar-refractivity contribution < 1.29 is 34.7 Å². The Morgan fingerprint density at radius 2 is 0.868 bits per heavy atom. The minimum absolute atomic E-state index is 0.116. The third-order valence-electron chi connectivity index (χ3n) is 18.0. The monoisotopic (exact) mass is 1510 g/mol. The Balaban J connectivity index is 0.000000151. The largest absolute Gasteiger partial charge is 0.384 e. The molecule has 11 aromatic rings. The summed E-state index contributed by atoms with van der Waals surface area (Å²) in [6.07, 6.45) is 11.2. The van der Waals surface area contributed by atoms with Crippen LogP contribution in [0.2, 0.25) is 5.15 Å². The summed E-state index contributed by atoms with van der Waals surface area (Å²) in [6, 6.07) is 45.0. The van der Waals surface area contributed by atoms with E-state index in [1.54, 1.807) is 50.5 Å². The number of aryl methyl sites for hydroxylation is 5. The molecule has 11 heterocycles. The summed E-state index contributed by atoms with van der Waals surface area (Å²) in [5, 5.41) is 10.5. The van der Waals surface area contributed by atoms with Crippen LogP contribution in [0, 0.1) is 34.6 Å². The molecule has 0 bridgehead atoms. The third kappa shape index (κ3) is 18.9. The molecular formula is C76H89ClN18O8S3. The second kappa shape index (κ2) is 33.1. The van der Waals surface area contributed by atoms with Gasteiger partial charge in [0, 0.05) is 99.6 Å². The van der Waals surface area contributed by atoms with Crippen LogP contribution in [-0.4, -0.2) is 133 Å².